The van der Waals surface area contributed by atoms with Crippen LogP contribution in [0, 0.1) is 0 Å². The maximum Gasteiger partial charge on any atom is 0.0260 e. The molecule has 1 aliphatic rings. The van der Waals surface area contributed by atoms with Gasteiger partial charge in [-0.15, -0.1) is 0 Å². The van der Waals surface area contributed by atoms with Gasteiger partial charge in [-0.2, -0.15) is 0 Å². The van der Waals surface area contributed by atoms with Gasteiger partial charge in [0.2, 0.25) is 0 Å². The minimum absolute atomic E-state index is 1.09. The molecule has 1 aliphatic carbocycles. The van der Waals surface area contributed by atoms with E-state index in [1.165, 1.54) is 22.3 Å². The molecule has 0 amide bonds. The van der Waals surface area contributed by atoms with Gasteiger partial charge in [-0.3, -0.25) is 0 Å². The first-order valence-electron chi connectivity index (χ1n) is 5.52. The molecule has 0 aliphatic heterocycles. The minimum atomic E-state index is 1.09. The van der Waals surface area contributed by atoms with Crippen LogP contribution in [0.4, 0.5) is 0 Å². The van der Waals surface area contributed by atoms with Gasteiger partial charge in [0.05, 0.1) is 0 Å². The van der Waals surface area contributed by atoms with Crippen LogP contribution < -0.4 is 0 Å². The van der Waals surface area contributed by atoms with Crippen molar-refractivity contribution in [1.82, 2.24) is 0 Å². The lowest BCUT2D eigenvalue weighted by atomic mass is 9.95. The smallest absolute Gasteiger partial charge is 0.0260 e. The topological polar surface area (TPSA) is 0 Å². The number of benzene rings is 2. The lowest BCUT2D eigenvalue weighted by Gasteiger charge is -2.09. The van der Waals surface area contributed by atoms with E-state index in [0.29, 0.717) is 0 Å². The molecular weight excluding hydrogens is 272 g/mol. The number of halogens is 1. The summed E-state index contributed by atoms with van der Waals surface area (Å²) in [6, 6.07) is 16.7. The second kappa shape index (κ2) is 4.01. The maximum absolute atomic E-state index is 4.24. The normalized spacial score (nSPS) is 13.5. The molecule has 0 fully saturated rings. The predicted molar refractivity (Wildman–Crippen MR) is 77.8 cm³/mol. The standard InChI is InChI=1S/C16H11Br/c1-11-13-7-3-2-6-12(13)10-16(17)15-9-5-4-8-14(11)15/h2-10H,1H2. The van der Waals surface area contributed by atoms with Crippen LogP contribution in [-0.4, -0.2) is 0 Å². The summed E-state index contributed by atoms with van der Waals surface area (Å²) in [6.45, 7) is 4.24. The van der Waals surface area contributed by atoms with Crippen LogP contribution in [0.5, 0.6) is 0 Å². The van der Waals surface area contributed by atoms with Crippen LogP contribution in [0.25, 0.3) is 16.1 Å². The molecule has 0 N–H and O–H groups in total. The fraction of sp³-hybridized carbons (Fsp3) is 0. The van der Waals surface area contributed by atoms with E-state index in [1.807, 2.05) is 0 Å². The van der Waals surface area contributed by atoms with Crippen LogP contribution in [-0.2, 0) is 0 Å². The molecule has 0 heterocycles. The van der Waals surface area contributed by atoms with Crippen molar-refractivity contribution in [3.63, 3.8) is 0 Å². The van der Waals surface area contributed by atoms with Crippen LogP contribution in [0.2, 0.25) is 0 Å². The Hall–Kier alpha value is -1.60. The Kier molecular flexibility index (Phi) is 2.49. The molecule has 0 radical (unpaired) electrons. The van der Waals surface area contributed by atoms with Crippen LogP contribution in [0.1, 0.15) is 22.3 Å². The zero-order chi connectivity index (χ0) is 11.8. The van der Waals surface area contributed by atoms with Gasteiger partial charge in [-0.1, -0.05) is 71.0 Å². The van der Waals surface area contributed by atoms with E-state index in [9.17, 15) is 0 Å². The molecule has 0 spiro atoms. The molecule has 0 bridgehead atoms. The molecule has 0 unspecified atom stereocenters. The largest absolute Gasteiger partial charge is 0.0905 e. The van der Waals surface area contributed by atoms with Gasteiger partial charge < -0.3 is 0 Å². The molecule has 0 nitrogen and oxygen atoms in total. The Balaban J connectivity index is 2.36. The highest BCUT2D eigenvalue weighted by atomic mass is 79.9. The molecule has 0 saturated heterocycles. The summed E-state index contributed by atoms with van der Waals surface area (Å²) in [7, 11) is 0. The first-order chi connectivity index (χ1) is 8.27. The van der Waals surface area contributed by atoms with E-state index in [1.54, 1.807) is 0 Å². The molecule has 17 heavy (non-hydrogen) atoms. The van der Waals surface area contributed by atoms with Crippen molar-refractivity contribution >= 4 is 32.1 Å². The molecule has 3 rings (SSSR count). The maximum atomic E-state index is 4.24. The third kappa shape index (κ3) is 1.67. The lowest BCUT2D eigenvalue weighted by molar-refractivity contribution is 1.54. The van der Waals surface area contributed by atoms with Crippen LogP contribution in [0.15, 0.2) is 55.1 Å². The zero-order valence-corrected chi connectivity index (χ0v) is 10.9. The Bertz CT molecular complexity index is 635. The summed E-state index contributed by atoms with van der Waals surface area (Å²) in [5, 5.41) is 0. The summed E-state index contributed by atoms with van der Waals surface area (Å²) < 4.78 is 1.11. The predicted octanol–water partition coefficient (Wildman–Crippen LogP) is 4.95. The van der Waals surface area contributed by atoms with E-state index in [2.05, 4.69) is 77.1 Å². The van der Waals surface area contributed by atoms with Crippen molar-refractivity contribution in [2.45, 2.75) is 0 Å². The number of hydrogen-bond acceptors (Lipinski definition) is 0. The highest BCUT2D eigenvalue weighted by Gasteiger charge is 2.15. The van der Waals surface area contributed by atoms with Crippen LogP contribution >= 0.6 is 15.9 Å². The molecule has 2 aromatic rings. The Morgan fingerprint density at radius 1 is 0.765 bits per heavy atom. The van der Waals surface area contributed by atoms with Gasteiger partial charge in [0.25, 0.3) is 0 Å². The zero-order valence-electron chi connectivity index (χ0n) is 9.28. The molecule has 1 heteroatoms. The fourth-order valence-corrected chi connectivity index (χ4v) is 2.80. The highest BCUT2D eigenvalue weighted by molar-refractivity contribution is 9.15. The third-order valence-corrected chi connectivity index (χ3v) is 3.73. The summed E-state index contributed by atoms with van der Waals surface area (Å²) in [6.07, 6.45) is 2.16. The monoisotopic (exact) mass is 282 g/mol. The van der Waals surface area contributed by atoms with Gasteiger partial charge >= 0.3 is 0 Å². The molecule has 0 saturated carbocycles. The molecule has 0 aromatic heterocycles. The Morgan fingerprint density at radius 2 is 1.35 bits per heavy atom. The van der Waals surface area contributed by atoms with Gasteiger partial charge in [0, 0.05) is 4.48 Å². The van der Waals surface area contributed by atoms with E-state index in [0.717, 1.165) is 10.1 Å². The van der Waals surface area contributed by atoms with Gasteiger partial charge in [0.15, 0.2) is 0 Å². The number of rotatable bonds is 0. The summed E-state index contributed by atoms with van der Waals surface area (Å²) in [4.78, 5) is 0. The molecule has 82 valence electrons. The Morgan fingerprint density at radius 3 is 2.12 bits per heavy atom. The van der Waals surface area contributed by atoms with Crippen molar-refractivity contribution in [3.8, 4) is 0 Å². The second-order valence-corrected chi connectivity index (χ2v) is 4.96. The summed E-state index contributed by atoms with van der Waals surface area (Å²) in [5.41, 5.74) is 5.89. The van der Waals surface area contributed by atoms with Crippen molar-refractivity contribution in [1.29, 1.82) is 0 Å². The van der Waals surface area contributed by atoms with Gasteiger partial charge in [-0.05, 0) is 33.9 Å². The van der Waals surface area contributed by atoms with Gasteiger partial charge in [-0.25, -0.2) is 0 Å². The van der Waals surface area contributed by atoms with Crippen molar-refractivity contribution < 1.29 is 0 Å². The van der Waals surface area contributed by atoms with Crippen molar-refractivity contribution in [2.75, 3.05) is 0 Å². The molecule has 2 aromatic carbocycles. The van der Waals surface area contributed by atoms with Crippen molar-refractivity contribution in [3.05, 3.63) is 77.4 Å². The summed E-state index contributed by atoms with van der Waals surface area (Å²) in [5.74, 6) is 0. The van der Waals surface area contributed by atoms with E-state index >= 15 is 0 Å². The fourth-order valence-electron chi connectivity index (χ4n) is 2.21. The lowest BCUT2D eigenvalue weighted by Crippen LogP contribution is -1.89. The minimum Gasteiger partial charge on any atom is -0.0905 e. The van der Waals surface area contributed by atoms with Crippen molar-refractivity contribution in [2.24, 2.45) is 0 Å². The summed E-state index contributed by atoms with van der Waals surface area (Å²) >= 11 is 3.65. The number of fused-ring (bicyclic) bond motifs is 2. The molecule has 0 atom stereocenters. The van der Waals surface area contributed by atoms with E-state index in [4.69, 9.17) is 0 Å². The average molecular weight is 283 g/mol. The Labute approximate surface area is 109 Å². The SMILES string of the molecule is C=C1c2ccccc2C=C(Br)c2ccccc21. The molecular formula is C16H11Br. The van der Waals surface area contributed by atoms with E-state index < -0.39 is 0 Å². The third-order valence-electron chi connectivity index (χ3n) is 3.08. The quantitative estimate of drug-likeness (QED) is 0.641. The van der Waals surface area contributed by atoms with Gasteiger partial charge in [0.1, 0.15) is 0 Å². The number of hydrogen-bond donors (Lipinski definition) is 0. The first kappa shape index (κ1) is 10.5. The highest BCUT2D eigenvalue weighted by Crippen LogP contribution is 2.38. The first-order valence-corrected chi connectivity index (χ1v) is 6.32. The average Bonchev–Trinajstić information content (AvgIpc) is 2.48. The second-order valence-electron chi connectivity index (χ2n) is 4.10. The van der Waals surface area contributed by atoms with E-state index in [-0.39, 0.29) is 0 Å². The van der Waals surface area contributed by atoms with Crippen LogP contribution in [0.3, 0.4) is 0 Å².